The number of halogens is 1. The zero-order valence-electron chi connectivity index (χ0n) is 9.32. The molecule has 4 nitrogen and oxygen atoms in total. The molecule has 0 atom stereocenters. The molecule has 0 aromatic carbocycles. The van der Waals surface area contributed by atoms with Crippen molar-refractivity contribution in [2.45, 2.75) is 18.9 Å². The quantitative estimate of drug-likeness (QED) is 0.856. The lowest BCUT2D eigenvalue weighted by Gasteiger charge is -2.31. The molecule has 0 aliphatic carbocycles. The molecule has 0 spiro atoms. The fourth-order valence-electron chi connectivity index (χ4n) is 1.86. The van der Waals surface area contributed by atoms with Gasteiger partial charge in [-0.15, -0.1) is 0 Å². The molecule has 2 N–H and O–H groups in total. The van der Waals surface area contributed by atoms with Gasteiger partial charge in [-0.05, 0) is 25.0 Å². The molecular weight excluding hydrogens is 226 g/mol. The Labute approximate surface area is 100 Å². The highest BCUT2D eigenvalue weighted by Gasteiger charge is 2.18. The van der Waals surface area contributed by atoms with Gasteiger partial charge in [-0.25, -0.2) is 0 Å². The monoisotopic (exact) mass is 241 g/mol. The number of methoxy groups -OCH3 is 1. The molecule has 1 aromatic rings. The van der Waals surface area contributed by atoms with Gasteiger partial charge in [-0.3, -0.25) is 0 Å². The molecule has 0 saturated carbocycles. The van der Waals surface area contributed by atoms with Crippen molar-refractivity contribution in [1.29, 1.82) is 0 Å². The normalized spacial score (nSPS) is 17.6. The highest BCUT2D eigenvalue weighted by Crippen LogP contribution is 2.26. The Morgan fingerprint density at radius 2 is 2.12 bits per heavy atom. The van der Waals surface area contributed by atoms with Crippen LogP contribution in [0.4, 0.5) is 5.82 Å². The number of ether oxygens (including phenoxy) is 1. The molecule has 2 heterocycles. The fourth-order valence-corrected chi connectivity index (χ4v) is 2.04. The summed E-state index contributed by atoms with van der Waals surface area (Å²) in [5.41, 5.74) is 5.86. The lowest BCUT2D eigenvalue weighted by molar-refractivity contribution is 0.397. The van der Waals surface area contributed by atoms with Gasteiger partial charge in [0.1, 0.15) is 10.8 Å². The molecule has 1 aliphatic rings. The Kier molecular flexibility index (Phi) is 3.51. The average Bonchev–Trinajstić information content (AvgIpc) is 2.31. The Morgan fingerprint density at radius 3 is 2.75 bits per heavy atom. The smallest absolute Gasteiger partial charge is 0.234 e. The van der Waals surface area contributed by atoms with Crippen molar-refractivity contribution in [1.82, 2.24) is 4.98 Å². The van der Waals surface area contributed by atoms with E-state index in [1.807, 2.05) is 12.1 Å². The minimum Gasteiger partial charge on any atom is -0.480 e. The van der Waals surface area contributed by atoms with Crippen LogP contribution < -0.4 is 15.4 Å². The molecule has 88 valence electrons. The molecule has 2 rings (SSSR count). The number of hydrogen-bond donors (Lipinski definition) is 1. The average molecular weight is 242 g/mol. The molecular formula is C11H16ClN3O. The molecule has 1 aromatic heterocycles. The number of aromatic nitrogens is 1. The summed E-state index contributed by atoms with van der Waals surface area (Å²) in [4.78, 5) is 6.58. The van der Waals surface area contributed by atoms with E-state index in [0.29, 0.717) is 16.9 Å². The van der Waals surface area contributed by atoms with Gasteiger partial charge in [-0.2, -0.15) is 4.98 Å². The van der Waals surface area contributed by atoms with Crippen molar-refractivity contribution in [2.75, 3.05) is 25.1 Å². The van der Waals surface area contributed by atoms with E-state index in [4.69, 9.17) is 22.1 Å². The maximum absolute atomic E-state index is 5.93. The molecule has 0 unspecified atom stereocenters. The third-order valence-corrected chi connectivity index (χ3v) is 3.14. The third kappa shape index (κ3) is 2.39. The summed E-state index contributed by atoms with van der Waals surface area (Å²) in [7, 11) is 1.57. The first-order valence-electron chi connectivity index (χ1n) is 5.42. The zero-order chi connectivity index (χ0) is 11.5. The first-order chi connectivity index (χ1) is 7.70. The van der Waals surface area contributed by atoms with Crippen molar-refractivity contribution in [2.24, 2.45) is 5.73 Å². The van der Waals surface area contributed by atoms with Crippen molar-refractivity contribution >= 4 is 17.4 Å². The van der Waals surface area contributed by atoms with Gasteiger partial charge in [0.15, 0.2) is 0 Å². The standard InChI is InChI=1S/C11H16ClN3O/c1-16-11-9(12)2-3-10(14-11)15-6-4-8(13)5-7-15/h2-3,8H,4-7,13H2,1H3. The first-order valence-corrected chi connectivity index (χ1v) is 5.79. The third-order valence-electron chi connectivity index (χ3n) is 2.86. The van der Waals surface area contributed by atoms with Gasteiger partial charge in [0, 0.05) is 19.1 Å². The maximum atomic E-state index is 5.93. The van der Waals surface area contributed by atoms with Crippen molar-refractivity contribution in [3.05, 3.63) is 17.2 Å². The van der Waals surface area contributed by atoms with E-state index in [9.17, 15) is 0 Å². The van der Waals surface area contributed by atoms with Crippen LogP contribution in [0, 0.1) is 0 Å². The van der Waals surface area contributed by atoms with E-state index in [1.165, 1.54) is 0 Å². The highest BCUT2D eigenvalue weighted by atomic mass is 35.5. The van der Waals surface area contributed by atoms with Gasteiger partial charge in [0.25, 0.3) is 0 Å². The Morgan fingerprint density at radius 1 is 1.44 bits per heavy atom. The van der Waals surface area contributed by atoms with E-state index in [2.05, 4.69) is 9.88 Å². The summed E-state index contributed by atoms with van der Waals surface area (Å²) in [5, 5.41) is 0.542. The Hall–Kier alpha value is -1.00. The Bertz CT molecular complexity index is 364. The SMILES string of the molecule is COc1nc(N2CCC(N)CC2)ccc1Cl. The topological polar surface area (TPSA) is 51.4 Å². The van der Waals surface area contributed by atoms with Crippen molar-refractivity contribution in [3.63, 3.8) is 0 Å². The summed E-state index contributed by atoms with van der Waals surface area (Å²) in [6.45, 7) is 1.89. The second-order valence-electron chi connectivity index (χ2n) is 3.99. The summed E-state index contributed by atoms with van der Waals surface area (Å²) in [6, 6.07) is 4.06. The van der Waals surface area contributed by atoms with Gasteiger partial charge in [0.2, 0.25) is 5.88 Å². The molecule has 0 amide bonds. The molecule has 16 heavy (non-hydrogen) atoms. The number of anilines is 1. The van der Waals surface area contributed by atoms with Crippen LogP contribution in [0.5, 0.6) is 5.88 Å². The predicted molar refractivity (Wildman–Crippen MR) is 65.2 cm³/mol. The largest absolute Gasteiger partial charge is 0.480 e. The van der Waals surface area contributed by atoms with Gasteiger partial charge < -0.3 is 15.4 Å². The van der Waals surface area contributed by atoms with Crippen molar-refractivity contribution in [3.8, 4) is 5.88 Å². The van der Waals surface area contributed by atoms with E-state index >= 15 is 0 Å². The molecule has 0 radical (unpaired) electrons. The minimum atomic E-state index is 0.324. The summed E-state index contributed by atoms with van der Waals surface area (Å²) in [6.07, 6.45) is 2.01. The first kappa shape index (κ1) is 11.5. The second-order valence-corrected chi connectivity index (χ2v) is 4.39. The number of nitrogens with two attached hydrogens (primary N) is 1. The molecule has 5 heteroatoms. The summed E-state index contributed by atoms with van der Waals surface area (Å²) in [5.74, 6) is 1.39. The highest BCUT2D eigenvalue weighted by molar-refractivity contribution is 6.31. The van der Waals surface area contributed by atoms with E-state index in [1.54, 1.807) is 7.11 Å². The lowest BCUT2D eigenvalue weighted by atomic mass is 10.1. The maximum Gasteiger partial charge on any atom is 0.234 e. The molecule has 1 fully saturated rings. The van der Waals surface area contributed by atoms with Crippen LogP contribution >= 0.6 is 11.6 Å². The van der Waals surface area contributed by atoms with Crippen LogP contribution in [-0.2, 0) is 0 Å². The number of nitrogens with zero attached hydrogens (tertiary/aromatic N) is 2. The van der Waals surface area contributed by atoms with Crippen LogP contribution in [0.15, 0.2) is 12.1 Å². The summed E-state index contributed by atoms with van der Waals surface area (Å²) >= 11 is 5.93. The number of hydrogen-bond acceptors (Lipinski definition) is 4. The second kappa shape index (κ2) is 4.89. The van der Waals surface area contributed by atoms with Crippen molar-refractivity contribution < 1.29 is 4.74 Å². The van der Waals surface area contributed by atoms with Crippen LogP contribution in [0.3, 0.4) is 0 Å². The number of rotatable bonds is 2. The fraction of sp³-hybridized carbons (Fsp3) is 0.545. The minimum absolute atomic E-state index is 0.324. The van der Waals surface area contributed by atoms with E-state index in [-0.39, 0.29) is 0 Å². The zero-order valence-corrected chi connectivity index (χ0v) is 10.1. The molecule has 1 saturated heterocycles. The van der Waals surface area contributed by atoms with Gasteiger partial charge in [0.05, 0.1) is 7.11 Å². The lowest BCUT2D eigenvalue weighted by Crippen LogP contribution is -2.40. The van der Waals surface area contributed by atoms with E-state index in [0.717, 1.165) is 31.7 Å². The van der Waals surface area contributed by atoms with Crippen LogP contribution in [0.25, 0.3) is 0 Å². The van der Waals surface area contributed by atoms with Gasteiger partial charge in [-0.1, -0.05) is 11.6 Å². The van der Waals surface area contributed by atoms with Crippen LogP contribution in [0.2, 0.25) is 5.02 Å². The molecule has 0 bridgehead atoms. The number of piperidine rings is 1. The van der Waals surface area contributed by atoms with Crippen LogP contribution in [0.1, 0.15) is 12.8 Å². The number of pyridine rings is 1. The Balaban J connectivity index is 2.14. The molecule has 1 aliphatic heterocycles. The van der Waals surface area contributed by atoms with Crippen LogP contribution in [-0.4, -0.2) is 31.2 Å². The predicted octanol–water partition coefficient (Wildman–Crippen LogP) is 1.67. The summed E-state index contributed by atoms with van der Waals surface area (Å²) < 4.78 is 5.10. The van der Waals surface area contributed by atoms with E-state index < -0.39 is 0 Å². The van der Waals surface area contributed by atoms with Gasteiger partial charge >= 0.3 is 0 Å².